The highest BCUT2D eigenvalue weighted by Crippen LogP contribution is 2.13. The van der Waals surface area contributed by atoms with Gasteiger partial charge in [-0.1, -0.05) is 34.1 Å². The molecule has 0 aliphatic rings. The second kappa shape index (κ2) is 6.59. The van der Waals surface area contributed by atoms with Crippen molar-refractivity contribution in [2.24, 2.45) is 0 Å². The maximum absolute atomic E-state index is 4.58. The molecule has 90 valence electrons. The van der Waals surface area contributed by atoms with E-state index in [2.05, 4.69) is 49.0 Å². The second-order valence-corrected chi connectivity index (χ2v) is 4.39. The molecular weight excluding hydrogens is 198 g/mol. The monoisotopic (exact) mass is 221 g/mol. The lowest BCUT2D eigenvalue weighted by atomic mass is 10.1. The lowest BCUT2D eigenvalue weighted by molar-refractivity contribution is 0.666. The minimum atomic E-state index is 0.471. The summed E-state index contributed by atoms with van der Waals surface area (Å²) in [5, 5.41) is 3.28. The van der Waals surface area contributed by atoms with Crippen LogP contribution in [0.4, 0.5) is 0 Å². The zero-order valence-corrected chi connectivity index (χ0v) is 10.9. The smallest absolute Gasteiger partial charge is 0.142 e. The van der Waals surface area contributed by atoms with E-state index >= 15 is 0 Å². The van der Waals surface area contributed by atoms with Crippen LogP contribution in [-0.2, 0) is 13.0 Å². The third-order valence-corrected chi connectivity index (χ3v) is 2.48. The Labute approximate surface area is 98.7 Å². The van der Waals surface area contributed by atoms with Crippen LogP contribution in [0.15, 0.2) is 6.07 Å². The lowest BCUT2D eigenvalue weighted by Crippen LogP contribution is -2.16. The molecule has 1 heterocycles. The van der Waals surface area contributed by atoms with Crippen molar-refractivity contribution >= 4 is 0 Å². The van der Waals surface area contributed by atoms with Crippen LogP contribution in [0.5, 0.6) is 0 Å². The number of hydrogen-bond acceptors (Lipinski definition) is 3. The van der Waals surface area contributed by atoms with E-state index in [-0.39, 0.29) is 0 Å². The first-order valence-corrected chi connectivity index (χ1v) is 6.24. The molecule has 0 amide bonds. The first-order chi connectivity index (χ1) is 7.67. The molecule has 0 unspecified atom stereocenters. The molecule has 0 bridgehead atoms. The van der Waals surface area contributed by atoms with Crippen LogP contribution < -0.4 is 5.32 Å². The van der Waals surface area contributed by atoms with E-state index in [0.717, 1.165) is 37.4 Å². The van der Waals surface area contributed by atoms with Crippen molar-refractivity contribution < 1.29 is 0 Å². The van der Waals surface area contributed by atoms with Gasteiger partial charge in [-0.05, 0) is 24.9 Å². The summed E-state index contributed by atoms with van der Waals surface area (Å²) in [7, 11) is 0. The molecule has 0 fully saturated rings. The third-order valence-electron chi connectivity index (χ3n) is 2.48. The van der Waals surface area contributed by atoms with Crippen LogP contribution in [0.25, 0.3) is 0 Å². The Bertz CT molecular complexity index is 321. The predicted octanol–water partition coefficient (Wildman–Crippen LogP) is 2.66. The molecule has 0 radical (unpaired) electrons. The Balaban J connectivity index is 2.89. The highest BCUT2D eigenvalue weighted by molar-refractivity contribution is 5.14. The molecule has 1 aromatic rings. The molecule has 0 atom stereocenters. The minimum absolute atomic E-state index is 0.471. The summed E-state index contributed by atoms with van der Waals surface area (Å²) in [4.78, 5) is 9.15. The maximum Gasteiger partial charge on any atom is 0.142 e. The molecule has 0 aromatic carbocycles. The summed E-state index contributed by atoms with van der Waals surface area (Å²) in [5.74, 6) is 1.40. The van der Waals surface area contributed by atoms with E-state index in [1.165, 1.54) is 5.69 Å². The van der Waals surface area contributed by atoms with E-state index in [4.69, 9.17) is 0 Å². The number of aryl methyl sites for hydroxylation is 1. The van der Waals surface area contributed by atoms with Crippen LogP contribution in [0.3, 0.4) is 0 Å². The summed E-state index contributed by atoms with van der Waals surface area (Å²) >= 11 is 0. The topological polar surface area (TPSA) is 37.8 Å². The van der Waals surface area contributed by atoms with Crippen molar-refractivity contribution in [3.05, 3.63) is 23.3 Å². The summed E-state index contributed by atoms with van der Waals surface area (Å²) in [5.41, 5.74) is 2.33. The molecule has 1 aromatic heterocycles. The average molecular weight is 221 g/mol. The lowest BCUT2D eigenvalue weighted by Gasteiger charge is -2.10. The van der Waals surface area contributed by atoms with Crippen molar-refractivity contribution in [2.75, 3.05) is 6.54 Å². The molecule has 3 heteroatoms. The van der Waals surface area contributed by atoms with Gasteiger partial charge in [-0.2, -0.15) is 0 Å². The van der Waals surface area contributed by atoms with Gasteiger partial charge in [-0.25, -0.2) is 9.97 Å². The average Bonchev–Trinajstić information content (AvgIpc) is 2.26. The Morgan fingerprint density at radius 3 is 2.56 bits per heavy atom. The fraction of sp³-hybridized carbons (Fsp3) is 0.692. The molecule has 1 rings (SSSR count). The van der Waals surface area contributed by atoms with Crippen LogP contribution in [-0.4, -0.2) is 16.5 Å². The molecule has 0 saturated heterocycles. The number of nitrogens with zero attached hydrogens (tertiary/aromatic N) is 2. The van der Waals surface area contributed by atoms with Gasteiger partial charge in [-0.3, -0.25) is 0 Å². The highest BCUT2D eigenvalue weighted by atomic mass is 15.0. The predicted molar refractivity (Wildman–Crippen MR) is 67.5 cm³/mol. The molecule has 0 aliphatic carbocycles. The second-order valence-electron chi connectivity index (χ2n) is 4.39. The zero-order valence-electron chi connectivity index (χ0n) is 10.9. The van der Waals surface area contributed by atoms with Crippen molar-refractivity contribution in [1.29, 1.82) is 0 Å². The molecular formula is C13H23N3. The molecule has 0 spiro atoms. The maximum atomic E-state index is 4.58. The molecule has 16 heavy (non-hydrogen) atoms. The van der Waals surface area contributed by atoms with Crippen LogP contribution in [0, 0.1) is 0 Å². The van der Waals surface area contributed by atoms with Gasteiger partial charge < -0.3 is 5.32 Å². The Morgan fingerprint density at radius 1 is 1.25 bits per heavy atom. The Kier molecular flexibility index (Phi) is 5.39. The van der Waals surface area contributed by atoms with Crippen LogP contribution >= 0.6 is 0 Å². The van der Waals surface area contributed by atoms with Crippen LogP contribution in [0.1, 0.15) is 57.2 Å². The van der Waals surface area contributed by atoms with Gasteiger partial charge in [0.05, 0.1) is 6.54 Å². The normalized spacial score (nSPS) is 11.1. The Hall–Kier alpha value is -0.960. The number of rotatable bonds is 6. The first-order valence-electron chi connectivity index (χ1n) is 6.24. The van der Waals surface area contributed by atoms with Gasteiger partial charge in [0.15, 0.2) is 0 Å². The van der Waals surface area contributed by atoms with Gasteiger partial charge in [-0.15, -0.1) is 0 Å². The fourth-order valence-corrected chi connectivity index (χ4v) is 1.57. The standard InChI is InChI=1S/C13H23N3/c1-5-7-11-8-12(10(3)4)16-13(15-11)9-14-6-2/h8,10,14H,5-7,9H2,1-4H3. The molecule has 1 N–H and O–H groups in total. The van der Waals surface area contributed by atoms with E-state index in [1.807, 2.05) is 0 Å². The van der Waals surface area contributed by atoms with Gasteiger partial charge in [0.1, 0.15) is 5.82 Å². The Morgan fingerprint density at radius 2 is 2.00 bits per heavy atom. The summed E-state index contributed by atoms with van der Waals surface area (Å²) in [6.07, 6.45) is 2.18. The van der Waals surface area contributed by atoms with E-state index < -0.39 is 0 Å². The first kappa shape index (κ1) is 13.1. The number of nitrogens with one attached hydrogen (secondary N) is 1. The SMILES string of the molecule is CCCc1cc(C(C)C)nc(CNCC)n1. The summed E-state index contributed by atoms with van der Waals surface area (Å²) in [6, 6.07) is 2.14. The van der Waals surface area contributed by atoms with Crippen molar-refractivity contribution in [1.82, 2.24) is 15.3 Å². The fourth-order valence-electron chi connectivity index (χ4n) is 1.57. The zero-order chi connectivity index (χ0) is 12.0. The van der Waals surface area contributed by atoms with Gasteiger partial charge in [0.25, 0.3) is 0 Å². The van der Waals surface area contributed by atoms with Crippen molar-refractivity contribution in [3.63, 3.8) is 0 Å². The number of hydrogen-bond donors (Lipinski definition) is 1. The van der Waals surface area contributed by atoms with E-state index in [9.17, 15) is 0 Å². The summed E-state index contributed by atoms with van der Waals surface area (Å²) < 4.78 is 0. The van der Waals surface area contributed by atoms with Crippen LogP contribution in [0.2, 0.25) is 0 Å². The van der Waals surface area contributed by atoms with Gasteiger partial charge in [0.2, 0.25) is 0 Å². The third kappa shape index (κ3) is 3.89. The molecule has 3 nitrogen and oxygen atoms in total. The summed E-state index contributed by atoms with van der Waals surface area (Å²) in [6.45, 7) is 10.4. The van der Waals surface area contributed by atoms with Gasteiger partial charge in [0, 0.05) is 11.4 Å². The molecule has 0 aliphatic heterocycles. The van der Waals surface area contributed by atoms with E-state index in [1.54, 1.807) is 0 Å². The largest absolute Gasteiger partial charge is 0.310 e. The molecule has 0 saturated carbocycles. The number of aromatic nitrogens is 2. The van der Waals surface area contributed by atoms with E-state index in [0.29, 0.717) is 5.92 Å². The highest BCUT2D eigenvalue weighted by Gasteiger charge is 2.06. The minimum Gasteiger partial charge on any atom is -0.310 e. The van der Waals surface area contributed by atoms with Crippen molar-refractivity contribution in [3.8, 4) is 0 Å². The van der Waals surface area contributed by atoms with Gasteiger partial charge >= 0.3 is 0 Å². The quantitative estimate of drug-likeness (QED) is 0.802. The van der Waals surface area contributed by atoms with Crippen molar-refractivity contribution in [2.45, 2.75) is 53.0 Å².